The Kier molecular flexibility index (Phi) is 9.44. The molecule has 3 aromatic rings. The number of piperazine rings is 1. The van der Waals surface area contributed by atoms with Crippen LogP contribution in [0.25, 0.3) is 10.6 Å². The molecule has 1 saturated carbocycles. The highest BCUT2D eigenvalue weighted by Gasteiger charge is 2.30. The lowest BCUT2D eigenvalue weighted by atomic mass is 9.94. The van der Waals surface area contributed by atoms with Crippen molar-refractivity contribution in [2.24, 2.45) is 11.7 Å². The molecule has 0 unspecified atom stereocenters. The maximum Gasteiger partial charge on any atom is 0.257 e. The smallest absolute Gasteiger partial charge is 0.257 e. The van der Waals surface area contributed by atoms with Crippen molar-refractivity contribution in [3.8, 4) is 10.6 Å². The zero-order valence-corrected chi connectivity index (χ0v) is 26.9. The predicted molar refractivity (Wildman–Crippen MR) is 175 cm³/mol. The molecule has 0 radical (unpaired) electrons. The zero-order valence-electron chi connectivity index (χ0n) is 23.8. The van der Waals surface area contributed by atoms with Gasteiger partial charge in [0.1, 0.15) is 16.5 Å². The van der Waals surface area contributed by atoms with Gasteiger partial charge in [0.2, 0.25) is 5.91 Å². The van der Waals surface area contributed by atoms with Gasteiger partial charge in [-0.25, -0.2) is 9.37 Å². The number of carbonyl (C=O) groups is 2. The summed E-state index contributed by atoms with van der Waals surface area (Å²) >= 11 is 15.7. The molecule has 2 aliphatic heterocycles. The molecular weight excluding hydrogens is 630 g/mol. The van der Waals surface area contributed by atoms with Gasteiger partial charge >= 0.3 is 0 Å². The fourth-order valence-electron chi connectivity index (χ4n) is 6.47. The lowest BCUT2D eigenvalue weighted by molar-refractivity contribution is -0.122. The van der Waals surface area contributed by atoms with Gasteiger partial charge in [-0.05, 0) is 43.9 Å². The first-order valence-corrected chi connectivity index (χ1v) is 17.3. The van der Waals surface area contributed by atoms with Crippen LogP contribution in [0.4, 0.5) is 20.2 Å². The van der Waals surface area contributed by atoms with E-state index in [1.54, 1.807) is 4.90 Å². The minimum atomic E-state index is -0.584. The lowest BCUT2D eigenvalue weighted by Crippen LogP contribution is -2.50. The number of rotatable bonds is 7. The van der Waals surface area contributed by atoms with Crippen molar-refractivity contribution >= 4 is 73.5 Å². The molecule has 43 heavy (non-hydrogen) atoms. The van der Waals surface area contributed by atoms with Crippen molar-refractivity contribution in [1.82, 2.24) is 9.88 Å². The van der Waals surface area contributed by atoms with E-state index in [0.717, 1.165) is 41.8 Å². The quantitative estimate of drug-likeness (QED) is 0.291. The molecular formula is C30H35Cl2FN6O2S2. The largest absolute Gasteiger partial charge is 0.369 e. The number of primary amides is 1. The van der Waals surface area contributed by atoms with Crippen LogP contribution in [0.5, 0.6) is 0 Å². The number of nitrogens with one attached hydrogen (secondary N) is 1. The first-order valence-electron chi connectivity index (χ1n) is 14.9. The molecule has 0 bridgehead atoms. The van der Waals surface area contributed by atoms with Crippen LogP contribution in [0.2, 0.25) is 10.0 Å². The normalized spacial score (nSPS) is 19.1. The summed E-state index contributed by atoms with van der Waals surface area (Å²) in [5.74, 6) is -1.63. The van der Waals surface area contributed by atoms with Crippen LogP contribution < -0.4 is 20.9 Å². The van der Waals surface area contributed by atoms with Crippen LogP contribution >= 0.6 is 45.9 Å². The van der Waals surface area contributed by atoms with Crippen LogP contribution in [0.1, 0.15) is 55.3 Å². The van der Waals surface area contributed by atoms with Gasteiger partial charge in [-0.3, -0.25) is 19.8 Å². The molecule has 3 fully saturated rings. The van der Waals surface area contributed by atoms with Crippen molar-refractivity contribution in [3.05, 3.63) is 45.0 Å². The van der Waals surface area contributed by atoms with Crippen LogP contribution in [-0.2, 0) is 4.79 Å². The number of anilines is 3. The Morgan fingerprint density at radius 2 is 1.67 bits per heavy atom. The van der Waals surface area contributed by atoms with Gasteiger partial charge in [-0.2, -0.15) is 0 Å². The summed E-state index contributed by atoms with van der Waals surface area (Å²) in [6.45, 7) is 4.69. The number of thiophene rings is 1. The molecule has 2 aromatic heterocycles. The molecule has 3 aliphatic rings. The second-order valence-electron chi connectivity index (χ2n) is 11.5. The van der Waals surface area contributed by atoms with E-state index < -0.39 is 11.7 Å². The summed E-state index contributed by atoms with van der Waals surface area (Å²) < 4.78 is 15.3. The summed E-state index contributed by atoms with van der Waals surface area (Å²) in [7, 11) is 0. The molecule has 13 heteroatoms. The number of halogens is 3. The van der Waals surface area contributed by atoms with Gasteiger partial charge in [0, 0.05) is 62.2 Å². The Balaban J connectivity index is 1.18. The zero-order chi connectivity index (χ0) is 30.1. The van der Waals surface area contributed by atoms with Gasteiger partial charge < -0.3 is 15.5 Å². The number of amides is 2. The summed E-state index contributed by atoms with van der Waals surface area (Å²) in [4.78, 5) is 37.3. The monoisotopic (exact) mass is 664 g/mol. The minimum Gasteiger partial charge on any atom is -0.369 e. The highest BCUT2D eigenvalue weighted by molar-refractivity contribution is 7.21. The first kappa shape index (κ1) is 30.6. The summed E-state index contributed by atoms with van der Waals surface area (Å²) in [5.41, 5.74) is 6.57. The number of hydrogen-bond acceptors (Lipinski definition) is 8. The van der Waals surface area contributed by atoms with Crippen molar-refractivity contribution < 1.29 is 14.0 Å². The summed E-state index contributed by atoms with van der Waals surface area (Å²) in [6.07, 6.45) is 7.63. The fourth-order valence-corrected chi connectivity index (χ4v) is 8.95. The topological polar surface area (TPSA) is 94.8 Å². The summed E-state index contributed by atoms with van der Waals surface area (Å²) in [6, 6.07) is 5.27. The van der Waals surface area contributed by atoms with E-state index in [0.29, 0.717) is 42.1 Å². The number of carbonyl (C=O) groups excluding carboxylic acids is 2. The van der Waals surface area contributed by atoms with Gasteiger partial charge in [-0.15, -0.1) is 11.3 Å². The highest BCUT2D eigenvalue weighted by Crippen LogP contribution is 2.43. The molecule has 230 valence electrons. The minimum absolute atomic E-state index is 0.108. The van der Waals surface area contributed by atoms with Gasteiger partial charge in [0.25, 0.3) is 5.91 Å². The molecule has 8 nitrogen and oxygen atoms in total. The van der Waals surface area contributed by atoms with Gasteiger partial charge in [-0.1, -0.05) is 53.8 Å². The molecule has 1 aromatic carbocycles. The number of thiazole rings is 1. The standard InChI is InChI=1S/C30H35Cl2FN6O2S2/c31-20-16-24(42-17-20)25-29(39-12-10-37(11-13-39)21-4-2-1-3-5-21)43-30(35-25)36-28(41)19-14-22(32)26(23(33)15-19)38-8-6-18(7-9-38)27(34)40/h14-18,21H,1-13H2,(H2,34,40)(H,35,36,41). The molecule has 2 amide bonds. The Morgan fingerprint density at radius 1 is 0.953 bits per heavy atom. The van der Waals surface area contributed by atoms with Crippen LogP contribution in [-0.4, -0.2) is 67.0 Å². The number of piperidine rings is 1. The van der Waals surface area contributed by atoms with Crippen molar-refractivity contribution in [3.63, 3.8) is 0 Å². The van der Waals surface area contributed by atoms with E-state index in [4.69, 9.17) is 33.9 Å². The lowest BCUT2D eigenvalue weighted by Gasteiger charge is -2.41. The van der Waals surface area contributed by atoms with E-state index in [1.165, 1.54) is 66.9 Å². The number of benzene rings is 1. The molecule has 3 N–H and O–H groups in total. The van der Waals surface area contributed by atoms with E-state index >= 15 is 4.39 Å². The Hall–Kier alpha value is -2.44. The third-order valence-corrected chi connectivity index (χ3v) is 11.4. The molecule has 0 atom stereocenters. The van der Waals surface area contributed by atoms with Crippen LogP contribution in [0, 0.1) is 11.7 Å². The molecule has 1 aliphatic carbocycles. The van der Waals surface area contributed by atoms with Crippen LogP contribution in [0.3, 0.4) is 0 Å². The fraction of sp³-hybridized carbons (Fsp3) is 0.500. The molecule has 0 spiro atoms. The Labute approximate surface area is 268 Å². The molecule has 2 saturated heterocycles. The number of nitrogens with two attached hydrogens (primary N) is 1. The average Bonchev–Trinajstić information content (AvgIpc) is 3.63. The van der Waals surface area contributed by atoms with E-state index in [2.05, 4.69) is 15.1 Å². The van der Waals surface area contributed by atoms with Gasteiger partial charge in [0.05, 0.1) is 20.6 Å². The molecule has 4 heterocycles. The second kappa shape index (κ2) is 13.3. The van der Waals surface area contributed by atoms with Crippen molar-refractivity contribution in [1.29, 1.82) is 0 Å². The van der Waals surface area contributed by atoms with Crippen LogP contribution in [0.15, 0.2) is 23.6 Å². The molecule has 6 rings (SSSR count). The predicted octanol–water partition coefficient (Wildman–Crippen LogP) is 6.73. The van der Waals surface area contributed by atoms with Crippen molar-refractivity contribution in [2.45, 2.75) is 51.0 Å². The second-order valence-corrected chi connectivity index (χ2v) is 14.3. The maximum atomic E-state index is 15.3. The summed E-state index contributed by atoms with van der Waals surface area (Å²) in [5, 5.41) is 6.98. The van der Waals surface area contributed by atoms with E-state index in [1.807, 2.05) is 11.4 Å². The van der Waals surface area contributed by atoms with Crippen molar-refractivity contribution in [2.75, 3.05) is 54.4 Å². The number of hydrogen-bond donors (Lipinski definition) is 2. The first-order chi connectivity index (χ1) is 20.8. The maximum absolute atomic E-state index is 15.3. The van der Waals surface area contributed by atoms with E-state index in [-0.39, 0.29) is 28.1 Å². The SMILES string of the molecule is NC(=O)C1CCN(c2c(F)cc(C(=O)Nc3nc(-c4cc(Cl)cs4)c(N4CCN(C5CCCCC5)CC4)s3)cc2Cl)CC1. The Morgan fingerprint density at radius 3 is 2.30 bits per heavy atom. The number of aromatic nitrogens is 1. The third kappa shape index (κ3) is 6.81. The number of nitrogens with zero attached hydrogens (tertiary/aromatic N) is 4. The van der Waals surface area contributed by atoms with Gasteiger partial charge in [0.15, 0.2) is 5.13 Å². The Bertz CT molecular complexity index is 1450. The highest BCUT2D eigenvalue weighted by atomic mass is 35.5. The average molecular weight is 666 g/mol. The third-order valence-electron chi connectivity index (χ3n) is 8.82. The van der Waals surface area contributed by atoms with E-state index in [9.17, 15) is 9.59 Å².